The van der Waals surface area contributed by atoms with Crippen LogP contribution < -0.4 is 10.6 Å². The van der Waals surface area contributed by atoms with Crippen LogP contribution in [0.15, 0.2) is 35.5 Å². The number of halogens is 1. The maximum Gasteiger partial charge on any atom is 0.191 e. The minimum Gasteiger partial charge on any atom is -0.379 e. The molecule has 0 amide bonds. The first kappa shape index (κ1) is 21.8. The van der Waals surface area contributed by atoms with Crippen molar-refractivity contribution in [3.63, 3.8) is 0 Å². The number of nitrogens with zero attached hydrogens (tertiary/aromatic N) is 1. The number of hydrogen-bond donors (Lipinski definition) is 3. The summed E-state index contributed by atoms with van der Waals surface area (Å²) in [6.07, 6.45) is 3.05. The molecule has 3 N–H and O–H groups in total. The third-order valence-corrected chi connectivity index (χ3v) is 3.66. The smallest absolute Gasteiger partial charge is 0.191 e. The van der Waals surface area contributed by atoms with E-state index in [1.807, 2.05) is 0 Å². The Morgan fingerprint density at radius 3 is 2.80 bits per heavy atom. The molecule has 0 aliphatic rings. The van der Waals surface area contributed by atoms with Gasteiger partial charge in [0.15, 0.2) is 5.96 Å². The van der Waals surface area contributed by atoms with E-state index < -0.39 is 0 Å². The molecule has 0 atom stereocenters. The van der Waals surface area contributed by atoms with Crippen molar-refractivity contribution in [1.29, 1.82) is 0 Å². The molecule has 0 aliphatic carbocycles. The normalized spacial score (nSPS) is 11.6. The van der Waals surface area contributed by atoms with E-state index in [0.29, 0.717) is 19.1 Å². The average molecular weight is 458 g/mol. The zero-order valence-electron chi connectivity index (χ0n) is 15.5. The highest BCUT2D eigenvalue weighted by Gasteiger charge is 2.03. The second-order valence-electron chi connectivity index (χ2n) is 6.27. The highest BCUT2D eigenvalue weighted by molar-refractivity contribution is 14.0. The summed E-state index contributed by atoms with van der Waals surface area (Å²) in [6.45, 7) is 10.2. The van der Waals surface area contributed by atoms with Crippen molar-refractivity contribution in [2.45, 2.75) is 27.2 Å². The SMILES string of the molecule is CCNC(=NCCOCC(C)C)NCCc1c[nH]c2ccccc12.I. The summed E-state index contributed by atoms with van der Waals surface area (Å²) in [5, 5.41) is 7.96. The van der Waals surface area contributed by atoms with E-state index in [9.17, 15) is 0 Å². The first-order valence-electron chi connectivity index (χ1n) is 8.85. The Balaban J connectivity index is 0.00000312. The molecule has 0 unspecified atom stereocenters. The maximum absolute atomic E-state index is 5.57. The molecule has 6 heteroatoms. The molecule has 1 aromatic heterocycles. The number of hydrogen-bond acceptors (Lipinski definition) is 2. The number of fused-ring (bicyclic) bond motifs is 1. The number of guanidine groups is 1. The molecule has 0 fully saturated rings. The molecule has 2 aromatic rings. The van der Waals surface area contributed by atoms with Crippen molar-refractivity contribution in [3.8, 4) is 0 Å². The molecular weight excluding hydrogens is 427 g/mol. The van der Waals surface area contributed by atoms with Gasteiger partial charge in [-0.15, -0.1) is 24.0 Å². The molecule has 0 saturated carbocycles. The van der Waals surface area contributed by atoms with Crippen molar-refractivity contribution in [2.24, 2.45) is 10.9 Å². The lowest BCUT2D eigenvalue weighted by Gasteiger charge is -2.11. The lowest BCUT2D eigenvalue weighted by Crippen LogP contribution is -2.38. The Labute approximate surface area is 168 Å². The third-order valence-electron chi connectivity index (χ3n) is 3.66. The largest absolute Gasteiger partial charge is 0.379 e. The van der Waals surface area contributed by atoms with Crippen LogP contribution in [-0.4, -0.2) is 43.8 Å². The van der Waals surface area contributed by atoms with Gasteiger partial charge in [0.05, 0.1) is 13.2 Å². The van der Waals surface area contributed by atoms with Gasteiger partial charge in [-0.25, -0.2) is 0 Å². The van der Waals surface area contributed by atoms with Crippen molar-refractivity contribution < 1.29 is 4.74 Å². The molecular formula is C19H31IN4O. The van der Waals surface area contributed by atoms with Gasteiger partial charge in [-0.2, -0.15) is 0 Å². The minimum atomic E-state index is 0. The highest BCUT2D eigenvalue weighted by Crippen LogP contribution is 2.17. The Morgan fingerprint density at radius 2 is 2.04 bits per heavy atom. The number of aliphatic imine (C=N–C) groups is 1. The van der Waals surface area contributed by atoms with Crippen LogP contribution in [0.3, 0.4) is 0 Å². The van der Waals surface area contributed by atoms with Crippen molar-refractivity contribution >= 4 is 40.8 Å². The number of nitrogens with one attached hydrogen (secondary N) is 3. The van der Waals surface area contributed by atoms with Gasteiger partial charge in [-0.3, -0.25) is 4.99 Å². The van der Waals surface area contributed by atoms with Crippen LogP contribution >= 0.6 is 24.0 Å². The summed E-state index contributed by atoms with van der Waals surface area (Å²) < 4.78 is 5.57. The average Bonchev–Trinajstić information content (AvgIpc) is 2.97. The summed E-state index contributed by atoms with van der Waals surface area (Å²) in [5.74, 6) is 1.42. The number of rotatable bonds is 9. The summed E-state index contributed by atoms with van der Waals surface area (Å²) in [6, 6.07) is 8.40. The van der Waals surface area contributed by atoms with Gasteiger partial charge in [0.2, 0.25) is 0 Å². The summed E-state index contributed by atoms with van der Waals surface area (Å²) in [7, 11) is 0. The van der Waals surface area contributed by atoms with Gasteiger partial charge < -0.3 is 20.4 Å². The van der Waals surface area contributed by atoms with Crippen molar-refractivity contribution in [2.75, 3.05) is 32.8 Å². The topological polar surface area (TPSA) is 61.4 Å². The minimum absolute atomic E-state index is 0. The Kier molecular flexibility index (Phi) is 10.6. The molecule has 1 aromatic carbocycles. The molecule has 1 heterocycles. The van der Waals surface area contributed by atoms with E-state index in [-0.39, 0.29) is 24.0 Å². The predicted molar refractivity (Wildman–Crippen MR) is 117 cm³/mol. The Hall–Kier alpha value is -1.28. The van der Waals surface area contributed by atoms with Gasteiger partial charge in [-0.1, -0.05) is 32.0 Å². The van der Waals surface area contributed by atoms with Gasteiger partial charge in [-0.05, 0) is 30.9 Å². The zero-order chi connectivity index (χ0) is 17.2. The predicted octanol–water partition coefficient (Wildman–Crippen LogP) is 3.56. The van der Waals surface area contributed by atoms with Gasteiger partial charge in [0, 0.05) is 36.8 Å². The first-order valence-corrected chi connectivity index (χ1v) is 8.85. The number of H-pyrrole nitrogens is 1. The number of aromatic nitrogens is 1. The number of aromatic amines is 1. The molecule has 0 radical (unpaired) electrons. The molecule has 0 spiro atoms. The molecule has 0 bridgehead atoms. The van der Waals surface area contributed by atoms with Crippen LogP contribution in [0.25, 0.3) is 10.9 Å². The number of ether oxygens (including phenoxy) is 1. The van der Waals surface area contributed by atoms with E-state index in [0.717, 1.165) is 32.1 Å². The molecule has 140 valence electrons. The first-order chi connectivity index (χ1) is 11.7. The third kappa shape index (κ3) is 7.64. The van der Waals surface area contributed by atoms with Gasteiger partial charge in [0.1, 0.15) is 0 Å². The lowest BCUT2D eigenvalue weighted by molar-refractivity contribution is 0.117. The number of para-hydroxylation sites is 1. The van der Waals surface area contributed by atoms with E-state index in [4.69, 9.17) is 4.74 Å². The second kappa shape index (κ2) is 12.1. The lowest BCUT2D eigenvalue weighted by atomic mass is 10.1. The molecule has 5 nitrogen and oxygen atoms in total. The Bertz CT molecular complexity index is 639. The fourth-order valence-corrected chi connectivity index (χ4v) is 2.54. The van der Waals surface area contributed by atoms with Gasteiger partial charge in [0.25, 0.3) is 0 Å². The molecule has 2 rings (SSSR count). The fourth-order valence-electron chi connectivity index (χ4n) is 2.54. The van der Waals surface area contributed by atoms with Gasteiger partial charge >= 0.3 is 0 Å². The van der Waals surface area contributed by atoms with E-state index in [1.165, 1.54) is 16.5 Å². The van der Waals surface area contributed by atoms with Crippen LogP contribution in [0.1, 0.15) is 26.3 Å². The summed E-state index contributed by atoms with van der Waals surface area (Å²) in [4.78, 5) is 7.87. The highest BCUT2D eigenvalue weighted by atomic mass is 127. The fraction of sp³-hybridized carbons (Fsp3) is 0.526. The molecule has 0 aliphatic heterocycles. The monoisotopic (exact) mass is 458 g/mol. The van der Waals surface area contributed by atoms with Crippen molar-refractivity contribution in [1.82, 2.24) is 15.6 Å². The second-order valence-corrected chi connectivity index (χ2v) is 6.27. The maximum atomic E-state index is 5.57. The Morgan fingerprint density at radius 1 is 1.24 bits per heavy atom. The number of benzene rings is 1. The van der Waals surface area contributed by atoms with E-state index in [1.54, 1.807) is 0 Å². The van der Waals surface area contributed by atoms with Crippen LogP contribution in [-0.2, 0) is 11.2 Å². The van der Waals surface area contributed by atoms with Crippen LogP contribution in [0.2, 0.25) is 0 Å². The summed E-state index contributed by atoms with van der Waals surface area (Å²) >= 11 is 0. The van der Waals surface area contributed by atoms with E-state index in [2.05, 4.69) is 71.8 Å². The van der Waals surface area contributed by atoms with Crippen LogP contribution in [0, 0.1) is 5.92 Å². The van der Waals surface area contributed by atoms with Crippen molar-refractivity contribution in [3.05, 3.63) is 36.0 Å². The quantitative estimate of drug-likeness (QED) is 0.233. The van der Waals surface area contributed by atoms with Crippen LogP contribution in [0.4, 0.5) is 0 Å². The standard InChI is InChI=1S/C19H30N4O.HI/c1-4-20-19(22-11-12-24-14-15(2)3)21-10-9-16-13-23-18-8-6-5-7-17(16)18;/h5-8,13,15,23H,4,9-12,14H2,1-3H3,(H2,20,21,22);1H. The zero-order valence-corrected chi connectivity index (χ0v) is 17.8. The summed E-state index contributed by atoms with van der Waals surface area (Å²) in [5.41, 5.74) is 2.52. The molecule has 0 saturated heterocycles. The van der Waals surface area contributed by atoms with E-state index >= 15 is 0 Å². The molecule has 25 heavy (non-hydrogen) atoms. The van der Waals surface area contributed by atoms with Crippen LogP contribution in [0.5, 0.6) is 0 Å².